The van der Waals surface area contributed by atoms with Crippen molar-refractivity contribution in [2.45, 2.75) is 32.4 Å². The lowest BCUT2D eigenvalue weighted by molar-refractivity contribution is 0.0454. The molecule has 1 N–H and O–H groups in total. The first-order valence-corrected chi connectivity index (χ1v) is 9.33. The fourth-order valence-electron chi connectivity index (χ4n) is 4.38. The van der Waals surface area contributed by atoms with Crippen LogP contribution < -0.4 is 9.47 Å². The van der Waals surface area contributed by atoms with Crippen molar-refractivity contribution >= 4 is 0 Å². The normalized spacial score (nSPS) is 24.8. The molecule has 2 atom stereocenters. The first-order valence-electron chi connectivity index (χ1n) is 9.33. The van der Waals surface area contributed by atoms with Gasteiger partial charge in [-0.2, -0.15) is 0 Å². The quantitative estimate of drug-likeness (QED) is 0.859. The van der Waals surface area contributed by atoms with Crippen LogP contribution in [0, 0.1) is 5.41 Å². The lowest BCUT2D eigenvalue weighted by Crippen LogP contribution is -2.42. The van der Waals surface area contributed by atoms with Gasteiger partial charge in [-0.1, -0.05) is 13.0 Å². The van der Waals surface area contributed by atoms with Crippen LogP contribution in [0.2, 0.25) is 0 Å². The summed E-state index contributed by atoms with van der Waals surface area (Å²) in [6, 6.07) is 6.02. The van der Waals surface area contributed by atoms with Crippen LogP contribution in [0.4, 0.5) is 0 Å². The molecule has 0 bridgehead atoms. The van der Waals surface area contributed by atoms with Crippen LogP contribution in [0.15, 0.2) is 30.6 Å². The Hall–Kier alpha value is -2.05. The van der Waals surface area contributed by atoms with E-state index in [2.05, 4.69) is 33.6 Å². The van der Waals surface area contributed by atoms with E-state index in [-0.39, 0.29) is 17.9 Å². The zero-order chi connectivity index (χ0) is 18.1. The van der Waals surface area contributed by atoms with Gasteiger partial charge in [0.15, 0.2) is 0 Å². The number of rotatable bonds is 6. The van der Waals surface area contributed by atoms with Crippen LogP contribution in [-0.2, 0) is 13.1 Å². The van der Waals surface area contributed by atoms with Gasteiger partial charge in [0.1, 0.15) is 17.3 Å². The second kappa shape index (κ2) is 6.93. The van der Waals surface area contributed by atoms with Gasteiger partial charge < -0.3 is 19.1 Å². The summed E-state index contributed by atoms with van der Waals surface area (Å²) in [7, 11) is 1.66. The van der Waals surface area contributed by atoms with Gasteiger partial charge in [0.25, 0.3) is 0 Å². The van der Waals surface area contributed by atoms with Gasteiger partial charge in [-0.05, 0) is 18.1 Å². The number of ether oxygens (including phenoxy) is 2. The molecule has 1 aromatic heterocycles. The Kier molecular flexibility index (Phi) is 4.63. The van der Waals surface area contributed by atoms with E-state index in [1.165, 1.54) is 5.56 Å². The van der Waals surface area contributed by atoms with E-state index in [0.29, 0.717) is 6.61 Å². The Balaban J connectivity index is 1.58. The highest BCUT2D eigenvalue weighted by atomic mass is 16.5. The number of nitrogens with zero attached hydrogens (tertiary/aromatic N) is 3. The van der Waals surface area contributed by atoms with Gasteiger partial charge >= 0.3 is 0 Å². The van der Waals surface area contributed by atoms with Gasteiger partial charge in [0.2, 0.25) is 0 Å². The summed E-state index contributed by atoms with van der Waals surface area (Å²) in [6.45, 7) is 6.36. The number of aromatic nitrogens is 2. The number of benzene rings is 1. The van der Waals surface area contributed by atoms with Gasteiger partial charge in [-0.25, -0.2) is 4.98 Å². The molecule has 1 fully saturated rings. The first kappa shape index (κ1) is 17.4. The maximum atomic E-state index is 10.2. The van der Waals surface area contributed by atoms with Crippen LogP contribution in [0.1, 0.15) is 30.7 Å². The molecule has 2 aliphatic heterocycles. The number of aliphatic hydroxyl groups excluding tert-OH is 1. The lowest BCUT2D eigenvalue weighted by atomic mass is 9.74. The summed E-state index contributed by atoms with van der Waals surface area (Å²) >= 11 is 0. The summed E-state index contributed by atoms with van der Waals surface area (Å²) in [5.41, 5.74) is 0.925. The summed E-state index contributed by atoms with van der Waals surface area (Å²) < 4.78 is 13.6. The molecule has 0 unspecified atom stereocenters. The minimum absolute atomic E-state index is 0.128. The van der Waals surface area contributed by atoms with Gasteiger partial charge in [0.05, 0.1) is 26.9 Å². The number of hydrogen-bond acceptors (Lipinski definition) is 5. The summed E-state index contributed by atoms with van der Waals surface area (Å²) in [4.78, 5) is 6.94. The molecule has 0 amide bonds. The molecule has 0 radical (unpaired) electrons. The van der Waals surface area contributed by atoms with Gasteiger partial charge in [-0.3, -0.25) is 4.90 Å². The molecule has 140 valence electrons. The Morgan fingerprint density at radius 3 is 3.08 bits per heavy atom. The van der Waals surface area contributed by atoms with Crippen LogP contribution >= 0.6 is 0 Å². The molecule has 0 spiro atoms. The Morgan fingerprint density at radius 2 is 2.31 bits per heavy atom. The maximum Gasteiger partial charge on any atom is 0.126 e. The van der Waals surface area contributed by atoms with E-state index < -0.39 is 0 Å². The monoisotopic (exact) mass is 357 g/mol. The molecule has 0 saturated carbocycles. The van der Waals surface area contributed by atoms with Crippen molar-refractivity contribution in [3.63, 3.8) is 0 Å². The zero-order valence-corrected chi connectivity index (χ0v) is 15.5. The standard InChI is InChI=1S/C20H27N3O3/c1-3-7-23-8-6-21-19(23)11-22-10-17-16-5-4-15(25-2)9-18(16)26-14-20(17,12-22)13-24/h4-6,8-9,17,24H,3,7,10-14H2,1-2H3/t17-,20-/m0/s1. The molecule has 2 aliphatic rings. The minimum atomic E-state index is -0.246. The zero-order valence-electron chi connectivity index (χ0n) is 15.5. The Bertz CT molecular complexity index is 775. The third-order valence-electron chi connectivity index (χ3n) is 5.78. The molecule has 6 heteroatoms. The molecule has 1 saturated heterocycles. The van der Waals surface area contributed by atoms with E-state index in [1.54, 1.807) is 7.11 Å². The predicted octanol–water partition coefficient (Wildman–Crippen LogP) is 2.27. The average molecular weight is 357 g/mol. The van der Waals surface area contributed by atoms with Gasteiger partial charge in [0, 0.05) is 49.4 Å². The summed E-state index contributed by atoms with van der Waals surface area (Å²) in [5.74, 6) is 3.04. The highest BCUT2D eigenvalue weighted by Crippen LogP contribution is 2.50. The number of hydrogen-bond donors (Lipinski definition) is 1. The number of likely N-dealkylation sites (tertiary alicyclic amines) is 1. The van der Waals surface area contributed by atoms with Crippen LogP contribution in [0.3, 0.4) is 0 Å². The summed E-state index contributed by atoms with van der Waals surface area (Å²) in [5, 5.41) is 10.2. The minimum Gasteiger partial charge on any atom is -0.497 e. The number of fused-ring (bicyclic) bond motifs is 3. The molecule has 1 aromatic carbocycles. The second-order valence-corrected chi connectivity index (χ2v) is 7.47. The number of methoxy groups -OCH3 is 1. The molecule has 26 heavy (non-hydrogen) atoms. The van der Waals surface area contributed by atoms with Crippen molar-refractivity contribution in [1.29, 1.82) is 0 Å². The average Bonchev–Trinajstić information content (AvgIpc) is 3.26. The second-order valence-electron chi connectivity index (χ2n) is 7.47. The number of aliphatic hydroxyl groups is 1. The van der Waals surface area contributed by atoms with Crippen molar-refractivity contribution in [2.75, 3.05) is 33.4 Å². The maximum absolute atomic E-state index is 10.2. The first-order chi connectivity index (χ1) is 12.7. The summed E-state index contributed by atoms with van der Waals surface area (Å²) in [6.07, 6.45) is 5.02. The van der Waals surface area contributed by atoms with Crippen molar-refractivity contribution in [3.05, 3.63) is 42.0 Å². The molecule has 0 aliphatic carbocycles. The molecule has 3 heterocycles. The van der Waals surface area contributed by atoms with Crippen molar-refractivity contribution < 1.29 is 14.6 Å². The number of aryl methyl sites for hydroxylation is 1. The predicted molar refractivity (Wildman–Crippen MR) is 98.5 cm³/mol. The van der Waals surface area contributed by atoms with Gasteiger partial charge in [-0.15, -0.1) is 0 Å². The molecule has 6 nitrogen and oxygen atoms in total. The van der Waals surface area contributed by atoms with E-state index in [0.717, 1.165) is 49.9 Å². The lowest BCUT2D eigenvalue weighted by Gasteiger charge is -2.38. The molecular formula is C20H27N3O3. The highest BCUT2D eigenvalue weighted by molar-refractivity contribution is 5.46. The smallest absolute Gasteiger partial charge is 0.126 e. The highest BCUT2D eigenvalue weighted by Gasteiger charge is 2.51. The molecule has 4 rings (SSSR count). The Morgan fingerprint density at radius 1 is 1.42 bits per heavy atom. The van der Waals surface area contributed by atoms with Crippen LogP contribution in [-0.4, -0.2) is 53.0 Å². The van der Waals surface area contributed by atoms with Crippen molar-refractivity contribution in [3.8, 4) is 11.5 Å². The van der Waals surface area contributed by atoms with Crippen molar-refractivity contribution in [2.24, 2.45) is 5.41 Å². The fraction of sp³-hybridized carbons (Fsp3) is 0.550. The van der Waals surface area contributed by atoms with E-state index in [9.17, 15) is 5.11 Å². The number of imidazole rings is 1. The van der Waals surface area contributed by atoms with E-state index in [1.807, 2.05) is 18.3 Å². The van der Waals surface area contributed by atoms with E-state index in [4.69, 9.17) is 9.47 Å². The topological polar surface area (TPSA) is 59.8 Å². The fourth-order valence-corrected chi connectivity index (χ4v) is 4.38. The Labute approximate surface area is 154 Å². The SMILES string of the molecule is CCCn1ccnc1CN1C[C@H]2c3ccc(OC)cc3OC[C@@]2(CO)C1. The third kappa shape index (κ3) is 2.87. The van der Waals surface area contributed by atoms with E-state index >= 15 is 0 Å². The van der Waals surface area contributed by atoms with Crippen LogP contribution in [0.5, 0.6) is 11.5 Å². The largest absolute Gasteiger partial charge is 0.497 e. The molecular weight excluding hydrogens is 330 g/mol. The molecule has 2 aromatic rings. The van der Waals surface area contributed by atoms with Crippen LogP contribution in [0.25, 0.3) is 0 Å². The van der Waals surface area contributed by atoms with Crippen molar-refractivity contribution in [1.82, 2.24) is 14.5 Å². The third-order valence-corrected chi connectivity index (χ3v) is 5.78.